The van der Waals surface area contributed by atoms with E-state index in [0.29, 0.717) is 12.8 Å². The Morgan fingerprint density at radius 3 is 1.44 bits per heavy atom. The Labute approximate surface area is 369 Å². The summed E-state index contributed by atoms with van der Waals surface area (Å²) < 4.78 is 26.9. The van der Waals surface area contributed by atoms with Crippen LogP contribution < -0.4 is 5.32 Å². The molecule has 0 saturated carbocycles. The van der Waals surface area contributed by atoms with Gasteiger partial charge in [-0.2, -0.15) is 0 Å². The van der Waals surface area contributed by atoms with E-state index in [0.717, 1.165) is 116 Å². The Kier molecular flexibility index (Phi) is 41.4. The van der Waals surface area contributed by atoms with E-state index in [1.807, 2.05) is 0 Å². The first-order chi connectivity index (χ1) is 29.6. The van der Waals surface area contributed by atoms with Gasteiger partial charge in [-0.3, -0.25) is 18.6 Å². The molecule has 0 aliphatic heterocycles. The number of hydrogen-bond donors (Lipinski definition) is 4. The molecule has 0 radical (unpaired) electrons. The number of nitrogens with one attached hydrogen (secondary N) is 1. The second-order valence-electron chi connectivity index (χ2n) is 15.6. The molecule has 350 valence electrons. The first kappa shape index (κ1) is 57.9. The van der Waals surface area contributed by atoms with Gasteiger partial charge in [-0.25, -0.2) is 9.36 Å². The average molecular weight is 878 g/mol. The molecule has 0 aromatic heterocycles. The molecule has 11 nitrogen and oxygen atoms in total. The van der Waals surface area contributed by atoms with Crippen molar-refractivity contribution in [2.75, 3.05) is 19.8 Å². The van der Waals surface area contributed by atoms with Gasteiger partial charge in [0.2, 0.25) is 5.91 Å². The zero-order chi connectivity index (χ0) is 44.9. The number of aliphatic carboxylic acids is 1. The number of esters is 1. The fraction of sp³-hybridized carbons (Fsp3) is 0.694. The standard InChI is InChI=1S/C49H84NO10P/c1-3-5-7-9-11-13-15-17-19-20-21-22-23-24-25-26-27-28-30-32-34-36-38-40-47(52)50-46(49(54)55)44-60-61(56,57)59-43-45(51)42-58-48(53)41-39-37-35-33-31-29-18-16-14-12-10-8-6-4-2/h5,7,11,13,16-19,21-22,24-25,45-46,51H,3-4,6,8-10,12,14-15,20,23,26-44H2,1-2H3,(H,50,52)(H,54,55)(H,56,57)/b7-5-,13-11-,18-16-,19-17-,22-21-,25-24-. The molecule has 1 amide bonds. The van der Waals surface area contributed by atoms with Gasteiger partial charge in [0.25, 0.3) is 0 Å². The molecular formula is C49H84NO10P. The highest BCUT2D eigenvalue weighted by Crippen LogP contribution is 2.43. The topological polar surface area (TPSA) is 169 Å². The Balaban J connectivity index is 3.92. The smallest absolute Gasteiger partial charge is 0.472 e. The van der Waals surface area contributed by atoms with Crippen molar-refractivity contribution in [2.24, 2.45) is 0 Å². The van der Waals surface area contributed by atoms with Crippen molar-refractivity contribution in [3.63, 3.8) is 0 Å². The van der Waals surface area contributed by atoms with Crippen LogP contribution in [-0.2, 0) is 32.7 Å². The monoisotopic (exact) mass is 878 g/mol. The zero-order valence-electron chi connectivity index (χ0n) is 37.9. The molecule has 0 rings (SSSR count). The fourth-order valence-corrected chi connectivity index (χ4v) is 6.87. The Hall–Kier alpha value is -3.08. The lowest BCUT2D eigenvalue weighted by molar-refractivity contribution is -0.147. The van der Waals surface area contributed by atoms with E-state index in [-0.39, 0.29) is 12.8 Å². The second kappa shape index (κ2) is 43.6. The minimum atomic E-state index is -4.77. The van der Waals surface area contributed by atoms with Crippen LogP contribution in [-0.4, -0.2) is 64.9 Å². The van der Waals surface area contributed by atoms with Gasteiger partial charge in [0.05, 0.1) is 13.2 Å². The third-order valence-corrected chi connectivity index (χ3v) is 10.7. The summed E-state index contributed by atoms with van der Waals surface area (Å²) in [6.45, 7) is 2.45. The molecule has 0 aromatic rings. The third-order valence-electron chi connectivity index (χ3n) is 9.73. The number of rotatable bonds is 43. The molecule has 0 aliphatic carbocycles. The van der Waals surface area contributed by atoms with Crippen molar-refractivity contribution in [1.82, 2.24) is 5.32 Å². The SMILES string of the molecule is CC/C=C\C/C=C\C/C=C\C/C=C\C/C=C\CCCCCCCCCC(=O)NC(COP(=O)(O)OCC(O)COC(=O)CCCCCCC/C=C\CCCCCCC)C(=O)O. The first-order valence-electron chi connectivity index (χ1n) is 23.5. The molecule has 0 saturated heterocycles. The summed E-state index contributed by atoms with van der Waals surface area (Å²) in [5.74, 6) is -2.40. The highest BCUT2D eigenvalue weighted by atomic mass is 31.2. The van der Waals surface area contributed by atoms with E-state index in [1.54, 1.807) is 0 Å². The van der Waals surface area contributed by atoms with Gasteiger partial charge in [-0.05, 0) is 83.5 Å². The van der Waals surface area contributed by atoms with E-state index >= 15 is 0 Å². The number of aliphatic hydroxyl groups excluding tert-OH is 1. The van der Waals surface area contributed by atoms with Crippen molar-refractivity contribution in [3.05, 3.63) is 72.9 Å². The molecule has 0 bridgehead atoms. The summed E-state index contributed by atoms with van der Waals surface area (Å²) in [7, 11) is -4.77. The van der Waals surface area contributed by atoms with Crippen LogP contribution in [0.4, 0.5) is 0 Å². The van der Waals surface area contributed by atoms with E-state index in [9.17, 15) is 34.1 Å². The van der Waals surface area contributed by atoms with Gasteiger partial charge in [-0.1, -0.05) is 164 Å². The van der Waals surface area contributed by atoms with E-state index < -0.39 is 57.6 Å². The lowest BCUT2D eigenvalue weighted by atomic mass is 10.1. The lowest BCUT2D eigenvalue weighted by Crippen LogP contribution is -2.43. The predicted octanol–water partition coefficient (Wildman–Crippen LogP) is 12.5. The van der Waals surface area contributed by atoms with Crippen LogP contribution in [0.1, 0.15) is 187 Å². The number of unbranched alkanes of at least 4 members (excludes halogenated alkanes) is 17. The molecule has 3 atom stereocenters. The van der Waals surface area contributed by atoms with Crippen LogP contribution in [0.25, 0.3) is 0 Å². The second-order valence-corrected chi connectivity index (χ2v) is 17.0. The molecule has 0 spiro atoms. The van der Waals surface area contributed by atoms with Gasteiger partial charge in [0, 0.05) is 12.8 Å². The van der Waals surface area contributed by atoms with Crippen molar-refractivity contribution in [2.45, 2.75) is 199 Å². The molecule has 12 heteroatoms. The molecule has 3 unspecified atom stereocenters. The van der Waals surface area contributed by atoms with Crippen molar-refractivity contribution in [3.8, 4) is 0 Å². The molecule has 0 fully saturated rings. The zero-order valence-corrected chi connectivity index (χ0v) is 38.8. The van der Waals surface area contributed by atoms with E-state index in [1.165, 1.54) is 32.1 Å². The average Bonchev–Trinajstić information content (AvgIpc) is 3.24. The first-order valence-corrected chi connectivity index (χ1v) is 25.0. The summed E-state index contributed by atoms with van der Waals surface area (Å²) in [6, 6.07) is -1.56. The number of ether oxygens (including phenoxy) is 1. The van der Waals surface area contributed by atoms with Crippen LogP contribution in [0, 0.1) is 0 Å². The number of phosphoric ester groups is 1. The molecular weight excluding hydrogens is 794 g/mol. The number of phosphoric acid groups is 1. The van der Waals surface area contributed by atoms with Gasteiger partial charge >= 0.3 is 19.8 Å². The van der Waals surface area contributed by atoms with Crippen molar-refractivity contribution < 1.29 is 47.8 Å². The fourth-order valence-electron chi connectivity index (χ4n) is 6.10. The van der Waals surface area contributed by atoms with E-state index in [4.69, 9.17) is 13.8 Å². The number of aliphatic hydroxyl groups is 1. The number of carboxylic acid groups (broad SMARTS) is 1. The predicted molar refractivity (Wildman–Crippen MR) is 249 cm³/mol. The summed E-state index contributed by atoms with van der Waals surface area (Å²) in [5.41, 5.74) is 0. The number of hydrogen-bond acceptors (Lipinski definition) is 8. The van der Waals surface area contributed by atoms with Gasteiger partial charge in [-0.15, -0.1) is 0 Å². The number of carboxylic acids is 1. The maximum Gasteiger partial charge on any atom is 0.472 e. The summed E-state index contributed by atoms with van der Waals surface area (Å²) in [6.07, 6.45) is 52.0. The Morgan fingerprint density at radius 1 is 0.541 bits per heavy atom. The molecule has 0 aromatic carbocycles. The van der Waals surface area contributed by atoms with Crippen molar-refractivity contribution in [1.29, 1.82) is 0 Å². The molecule has 0 heterocycles. The van der Waals surface area contributed by atoms with Gasteiger partial charge in [0.15, 0.2) is 6.04 Å². The number of carbonyl (C=O) groups excluding carboxylic acids is 2. The van der Waals surface area contributed by atoms with Crippen LogP contribution in [0.2, 0.25) is 0 Å². The summed E-state index contributed by atoms with van der Waals surface area (Å²) in [4.78, 5) is 46.0. The van der Waals surface area contributed by atoms with Crippen molar-refractivity contribution >= 4 is 25.7 Å². The highest BCUT2D eigenvalue weighted by Gasteiger charge is 2.28. The minimum Gasteiger partial charge on any atom is -0.480 e. The normalized spacial score (nSPS) is 14.3. The van der Waals surface area contributed by atoms with Crippen LogP contribution in [0.15, 0.2) is 72.9 Å². The number of carbonyl (C=O) groups is 3. The quantitative estimate of drug-likeness (QED) is 0.0200. The number of amides is 1. The van der Waals surface area contributed by atoms with Gasteiger partial charge in [0.1, 0.15) is 12.7 Å². The van der Waals surface area contributed by atoms with E-state index in [2.05, 4.69) is 92.1 Å². The van der Waals surface area contributed by atoms with Crippen LogP contribution in [0.5, 0.6) is 0 Å². The third kappa shape index (κ3) is 43.4. The molecule has 0 aliphatic rings. The number of allylic oxidation sites excluding steroid dienone is 12. The molecule has 61 heavy (non-hydrogen) atoms. The van der Waals surface area contributed by atoms with Gasteiger partial charge < -0.3 is 25.2 Å². The maximum atomic E-state index is 12.3. The largest absolute Gasteiger partial charge is 0.480 e. The lowest BCUT2D eigenvalue weighted by Gasteiger charge is -2.18. The van der Waals surface area contributed by atoms with Crippen LogP contribution in [0.3, 0.4) is 0 Å². The highest BCUT2D eigenvalue weighted by molar-refractivity contribution is 7.47. The summed E-state index contributed by atoms with van der Waals surface area (Å²) in [5, 5.41) is 21.9. The molecule has 4 N–H and O–H groups in total. The van der Waals surface area contributed by atoms with Crippen LogP contribution >= 0.6 is 7.82 Å². The Morgan fingerprint density at radius 2 is 0.951 bits per heavy atom. The Bertz CT molecular complexity index is 1310. The minimum absolute atomic E-state index is 0.128. The summed E-state index contributed by atoms with van der Waals surface area (Å²) >= 11 is 0. The maximum absolute atomic E-state index is 12.3.